The molecule has 0 saturated heterocycles. The fraction of sp³-hybridized carbons (Fsp3) is 0.400. The van der Waals surface area contributed by atoms with Gasteiger partial charge in [0.1, 0.15) is 5.75 Å². The van der Waals surface area contributed by atoms with Gasteiger partial charge in [0, 0.05) is 18.0 Å². The van der Waals surface area contributed by atoms with Crippen LogP contribution in [0.1, 0.15) is 18.0 Å². The summed E-state index contributed by atoms with van der Waals surface area (Å²) in [5.41, 5.74) is 5.62. The molecule has 0 saturated carbocycles. The molecular formula is C10H12ClF4NO. The molecule has 98 valence electrons. The van der Waals surface area contributed by atoms with Crippen molar-refractivity contribution in [3.8, 4) is 5.75 Å². The number of rotatable bonds is 5. The van der Waals surface area contributed by atoms with Gasteiger partial charge in [-0.3, -0.25) is 0 Å². The Balaban J connectivity index is 0.00000256. The molecule has 0 radical (unpaired) electrons. The van der Waals surface area contributed by atoms with Crippen LogP contribution in [0.3, 0.4) is 0 Å². The van der Waals surface area contributed by atoms with Crippen molar-refractivity contribution in [2.45, 2.75) is 25.5 Å². The number of hydrogen-bond acceptors (Lipinski definition) is 2. The highest BCUT2D eigenvalue weighted by molar-refractivity contribution is 5.85. The lowest BCUT2D eigenvalue weighted by molar-refractivity contribution is -0.0507. The van der Waals surface area contributed by atoms with E-state index in [1.807, 2.05) is 0 Å². The Morgan fingerprint density at radius 2 is 1.71 bits per heavy atom. The van der Waals surface area contributed by atoms with Crippen LogP contribution in [0.25, 0.3) is 0 Å². The molecule has 7 heteroatoms. The van der Waals surface area contributed by atoms with E-state index in [0.29, 0.717) is 0 Å². The molecule has 1 atom stereocenters. The molecule has 1 rings (SSSR count). The number of hydrogen-bond donors (Lipinski definition) is 1. The molecule has 0 aliphatic carbocycles. The Kier molecular flexibility index (Phi) is 6.91. The molecule has 2 nitrogen and oxygen atoms in total. The zero-order valence-corrected chi connectivity index (χ0v) is 9.47. The number of ether oxygens (including phenoxy) is 1. The first-order valence-corrected chi connectivity index (χ1v) is 4.58. The number of halogens is 5. The van der Waals surface area contributed by atoms with E-state index in [1.165, 1.54) is 24.3 Å². The predicted molar refractivity (Wildman–Crippen MR) is 57.9 cm³/mol. The van der Waals surface area contributed by atoms with Gasteiger partial charge in [-0.1, -0.05) is 18.2 Å². The summed E-state index contributed by atoms with van der Waals surface area (Å²) in [5, 5.41) is 0. The first-order chi connectivity index (χ1) is 7.50. The van der Waals surface area contributed by atoms with Crippen LogP contribution in [-0.2, 0) is 0 Å². The summed E-state index contributed by atoms with van der Waals surface area (Å²) < 4.78 is 52.4. The molecule has 0 amide bonds. The number of para-hydroxylation sites is 1. The molecule has 0 fully saturated rings. The molecule has 0 bridgehead atoms. The third-order valence-corrected chi connectivity index (χ3v) is 1.97. The van der Waals surface area contributed by atoms with Crippen LogP contribution in [0.5, 0.6) is 5.75 Å². The van der Waals surface area contributed by atoms with Crippen molar-refractivity contribution < 1.29 is 22.3 Å². The second-order valence-corrected chi connectivity index (χ2v) is 3.15. The zero-order valence-electron chi connectivity index (χ0n) is 8.65. The summed E-state index contributed by atoms with van der Waals surface area (Å²) in [6.45, 7) is -3.00. The average molecular weight is 274 g/mol. The normalized spacial score (nSPS) is 12.4. The monoisotopic (exact) mass is 273 g/mol. The van der Waals surface area contributed by atoms with Crippen LogP contribution < -0.4 is 10.5 Å². The van der Waals surface area contributed by atoms with Crippen LogP contribution in [0.4, 0.5) is 17.6 Å². The van der Waals surface area contributed by atoms with E-state index in [2.05, 4.69) is 4.74 Å². The maximum Gasteiger partial charge on any atom is 0.387 e. The fourth-order valence-electron chi connectivity index (χ4n) is 1.31. The minimum absolute atomic E-state index is 0. The van der Waals surface area contributed by atoms with Gasteiger partial charge in [-0.05, 0) is 6.07 Å². The SMILES string of the molecule is Cl.N[C@H](CC(F)F)c1ccccc1OC(F)F. The van der Waals surface area contributed by atoms with Gasteiger partial charge in [0.05, 0.1) is 0 Å². The maximum absolute atomic E-state index is 12.1. The minimum Gasteiger partial charge on any atom is -0.434 e. The smallest absolute Gasteiger partial charge is 0.387 e. The van der Waals surface area contributed by atoms with E-state index in [1.54, 1.807) is 0 Å². The van der Waals surface area contributed by atoms with E-state index in [0.717, 1.165) is 0 Å². The molecule has 0 heterocycles. The summed E-state index contributed by atoms with van der Waals surface area (Å²) in [4.78, 5) is 0. The van der Waals surface area contributed by atoms with Crippen molar-refractivity contribution in [3.05, 3.63) is 29.8 Å². The van der Waals surface area contributed by atoms with Gasteiger partial charge in [-0.2, -0.15) is 8.78 Å². The quantitative estimate of drug-likeness (QED) is 0.835. The molecule has 17 heavy (non-hydrogen) atoms. The Labute approximate surface area is 102 Å². The number of alkyl halides is 4. The first-order valence-electron chi connectivity index (χ1n) is 4.58. The topological polar surface area (TPSA) is 35.2 Å². The van der Waals surface area contributed by atoms with Crippen molar-refractivity contribution in [1.29, 1.82) is 0 Å². The predicted octanol–water partition coefficient (Wildman–Crippen LogP) is 3.36. The number of benzene rings is 1. The molecule has 1 aromatic carbocycles. The highest BCUT2D eigenvalue weighted by Crippen LogP contribution is 2.28. The second kappa shape index (κ2) is 7.34. The van der Waals surface area contributed by atoms with Crippen LogP contribution in [0.15, 0.2) is 24.3 Å². The molecule has 0 unspecified atom stereocenters. The lowest BCUT2D eigenvalue weighted by Gasteiger charge is -2.16. The van der Waals surface area contributed by atoms with Crippen LogP contribution in [-0.4, -0.2) is 13.0 Å². The van der Waals surface area contributed by atoms with Crippen LogP contribution >= 0.6 is 12.4 Å². The van der Waals surface area contributed by atoms with Crippen molar-refractivity contribution in [2.24, 2.45) is 5.73 Å². The molecule has 2 N–H and O–H groups in total. The third kappa shape index (κ3) is 5.23. The zero-order chi connectivity index (χ0) is 12.1. The Morgan fingerprint density at radius 3 is 2.24 bits per heavy atom. The van der Waals surface area contributed by atoms with E-state index in [4.69, 9.17) is 5.73 Å². The van der Waals surface area contributed by atoms with Gasteiger partial charge in [0.2, 0.25) is 6.43 Å². The summed E-state index contributed by atoms with van der Waals surface area (Å²) in [6.07, 6.45) is -3.18. The summed E-state index contributed by atoms with van der Waals surface area (Å²) in [5.74, 6) is -0.161. The first kappa shape index (κ1) is 16.0. The van der Waals surface area contributed by atoms with Crippen molar-refractivity contribution in [2.75, 3.05) is 0 Å². The molecule has 1 aromatic rings. The van der Waals surface area contributed by atoms with E-state index in [9.17, 15) is 17.6 Å². The summed E-state index contributed by atoms with van der Waals surface area (Å²) in [7, 11) is 0. The fourth-order valence-corrected chi connectivity index (χ4v) is 1.31. The molecular weight excluding hydrogens is 262 g/mol. The van der Waals surface area contributed by atoms with Gasteiger partial charge in [0.25, 0.3) is 0 Å². The number of nitrogens with two attached hydrogens (primary N) is 1. The van der Waals surface area contributed by atoms with E-state index < -0.39 is 25.5 Å². The van der Waals surface area contributed by atoms with Gasteiger partial charge < -0.3 is 10.5 Å². The summed E-state index contributed by atoms with van der Waals surface area (Å²) in [6, 6.07) is 4.64. The maximum atomic E-state index is 12.1. The molecule has 0 spiro atoms. The summed E-state index contributed by atoms with van der Waals surface area (Å²) >= 11 is 0. The lowest BCUT2D eigenvalue weighted by Crippen LogP contribution is -2.16. The second-order valence-electron chi connectivity index (χ2n) is 3.15. The molecule has 0 aliphatic rings. The lowest BCUT2D eigenvalue weighted by atomic mass is 10.0. The highest BCUT2D eigenvalue weighted by atomic mass is 35.5. The van der Waals surface area contributed by atoms with Crippen molar-refractivity contribution >= 4 is 12.4 Å². The average Bonchev–Trinajstić information content (AvgIpc) is 2.16. The van der Waals surface area contributed by atoms with E-state index >= 15 is 0 Å². The van der Waals surface area contributed by atoms with Gasteiger partial charge in [-0.15, -0.1) is 12.4 Å². The van der Waals surface area contributed by atoms with Crippen LogP contribution in [0.2, 0.25) is 0 Å². The highest BCUT2D eigenvalue weighted by Gasteiger charge is 2.18. The Hall–Kier alpha value is -1.01. The van der Waals surface area contributed by atoms with Crippen LogP contribution in [0, 0.1) is 0 Å². The van der Waals surface area contributed by atoms with Gasteiger partial charge in [-0.25, -0.2) is 8.78 Å². The minimum atomic E-state index is -3.00. The largest absolute Gasteiger partial charge is 0.434 e. The molecule has 0 aromatic heterocycles. The Bertz CT molecular complexity index is 338. The van der Waals surface area contributed by atoms with Gasteiger partial charge >= 0.3 is 6.61 Å². The third-order valence-electron chi connectivity index (χ3n) is 1.97. The van der Waals surface area contributed by atoms with Crippen molar-refractivity contribution in [1.82, 2.24) is 0 Å². The van der Waals surface area contributed by atoms with Gasteiger partial charge in [0.15, 0.2) is 0 Å². The van der Waals surface area contributed by atoms with Crippen molar-refractivity contribution in [3.63, 3.8) is 0 Å². The van der Waals surface area contributed by atoms with E-state index in [-0.39, 0.29) is 23.7 Å². The standard InChI is InChI=1S/C10H11F4NO.ClH/c11-9(12)5-7(15)6-3-1-2-4-8(6)16-10(13)14;/h1-4,7,9-10H,5,15H2;1H/t7-;/m1./s1. The Morgan fingerprint density at radius 1 is 1.12 bits per heavy atom. The molecule has 0 aliphatic heterocycles.